The minimum atomic E-state index is 0.232. The summed E-state index contributed by atoms with van der Waals surface area (Å²) in [7, 11) is 0. The molecule has 2 aromatic rings. The lowest BCUT2D eigenvalue weighted by Gasteiger charge is -2.28. The smallest absolute Gasteiger partial charge is 0.174 e. The molecular formula is C17H20N4OS. The third kappa shape index (κ3) is 4.71. The third-order valence-electron chi connectivity index (χ3n) is 3.73. The van der Waals surface area contributed by atoms with Crippen LogP contribution in [0.25, 0.3) is 0 Å². The molecule has 3 heterocycles. The van der Waals surface area contributed by atoms with Crippen molar-refractivity contribution in [2.24, 2.45) is 0 Å². The molecule has 1 saturated heterocycles. The van der Waals surface area contributed by atoms with Crippen molar-refractivity contribution < 1.29 is 4.74 Å². The molecule has 0 aromatic carbocycles. The summed E-state index contributed by atoms with van der Waals surface area (Å²) in [5, 5.41) is 3.86. The first-order chi connectivity index (χ1) is 11.3. The summed E-state index contributed by atoms with van der Waals surface area (Å²) in [6.07, 6.45) is 7.82. The number of ether oxygens (including phenoxy) is 1. The van der Waals surface area contributed by atoms with Crippen molar-refractivity contribution in [2.75, 3.05) is 18.5 Å². The van der Waals surface area contributed by atoms with Crippen molar-refractivity contribution in [1.29, 1.82) is 0 Å². The van der Waals surface area contributed by atoms with Gasteiger partial charge in [0, 0.05) is 38.3 Å². The van der Waals surface area contributed by atoms with Gasteiger partial charge in [0.2, 0.25) is 0 Å². The van der Waals surface area contributed by atoms with Gasteiger partial charge in [-0.15, -0.1) is 0 Å². The Bertz CT molecular complexity index is 617. The number of pyridine rings is 2. The number of nitrogens with zero attached hydrogens (tertiary/aromatic N) is 3. The van der Waals surface area contributed by atoms with E-state index in [-0.39, 0.29) is 6.10 Å². The van der Waals surface area contributed by atoms with E-state index in [0.717, 1.165) is 37.4 Å². The lowest BCUT2D eigenvalue weighted by Crippen LogP contribution is -2.39. The van der Waals surface area contributed by atoms with Crippen LogP contribution in [0.4, 0.5) is 5.82 Å². The van der Waals surface area contributed by atoms with Crippen LogP contribution in [0.5, 0.6) is 0 Å². The van der Waals surface area contributed by atoms with Crippen molar-refractivity contribution in [1.82, 2.24) is 14.9 Å². The van der Waals surface area contributed by atoms with Crippen molar-refractivity contribution in [3.8, 4) is 0 Å². The number of thiocarbonyl (C=S) groups is 1. The number of nitrogens with one attached hydrogen (secondary N) is 1. The lowest BCUT2D eigenvalue weighted by molar-refractivity contribution is 0.0905. The molecule has 0 bridgehead atoms. The standard InChI is InChI=1S/C17H20N4OS/c23-17(20-16-7-1-2-9-19-16)21(13-15-6-4-10-22-15)12-14-5-3-8-18-11-14/h1-3,5,7-9,11,15H,4,6,10,12-13H2,(H,19,20,23). The molecule has 1 aliphatic heterocycles. The van der Waals surface area contributed by atoms with Crippen LogP contribution < -0.4 is 5.32 Å². The summed E-state index contributed by atoms with van der Waals surface area (Å²) in [6.45, 7) is 2.31. The van der Waals surface area contributed by atoms with Crippen LogP contribution >= 0.6 is 12.2 Å². The van der Waals surface area contributed by atoms with Gasteiger partial charge >= 0.3 is 0 Å². The van der Waals surface area contributed by atoms with Crippen LogP contribution in [0.2, 0.25) is 0 Å². The van der Waals surface area contributed by atoms with E-state index in [1.807, 2.05) is 30.5 Å². The Hall–Kier alpha value is -2.05. The van der Waals surface area contributed by atoms with Crippen LogP contribution in [0.1, 0.15) is 18.4 Å². The second kappa shape index (κ2) is 7.99. The molecule has 1 aliphatic rings. The Balaban J connectivity index is 1.69. The predicted molar refractivity (Wildman–Crippen MR) is 94.1 cm³/mol. The predicted octanol–water partition coefficient (Wildman–Crippen LogP) is 2.85. The van der Waals surface area contributed by atoms with E-state index in [9.17, 15) is 0 Å². The number of rotatable bonds is 5. The highest BCUT2D eigenvalue weighted by Crippen LogP contribution is 2.16. The van der Waals surface area contributed by atoms with Crippen molar-refractivity contribution in [3.05, 3.63) is 54.5 Å². The van der Waals surface area contributed by atoms with E-state index in [1.165, 1.54) is 0 Å². The van der Waals surface area contributed by atoms with Crippen molar-refractivity contribution in [2.45, 2.75) is 25.5 Å². The first-order valence-electron chi connectivity index (χ1n) is 7.79. The zero-order valence-electron chi connectivity index (χ0n) is 12.9. The van der Waals surface area contributed by atoms with E-state index in [1.54, 1.807) is 12.4 Å². The zero-order valence-corrected chi connectivity index (χ0v) is 13.7. The maximum absolute atomic E-state index is 5.76. The van der Waals surface area contributed by atoms with Crippen LogP contribution in [0.3, 0.4) is 0 Å². The van der Waals surface area contributed by atoms with Gasteiger partial charge in [-0.2, -0.15) is 0 Å². The second-order valence-corrected chi connectivity index (χ2v) is 5.91. The highest BCUT2D eigenvalue weighted by Gasteiger charge is 2.21. The molecule has 0 aliphatic carbocycles. The van der Waals surface area contributed by atoms with Crippen LogP contribution in [0, 0.1) is 0 Å². The van der Waals surface area contributed by atoms with E-state index in [4.69, 9.17) is 17.0 Å². The fourth-order valence-electron chi connectivity index (χ4n) is 2.59. The second-order valence-electron chi connectivity index (χ2n) is 5.52. The molecule has 3 rings (SSSR count). The van der Waals surface area contributed by atoms with Gasteiger partial charge in [-0.05, 0) is 48.8 Å². The van der Waals surface area contributed by atoms with E-state index < -0.39 is 0 Å². The van der Waals surface area contributed by atoms with Gasteiger partial charge in [-0.3, -0.25) is 4.98 Å². The lowest BCUT2D eigenvalue weighted by atomic mass is 10.2. The fraction of sp³-hybridized carbons (Fsp3) is 0.353. The molecule has 6 heteroatoms. The Morgan fingerprint density at radius 3 is 2.96 bits per heavy atom. The molecule has 2 aromatic heterocycles. The molecule has 1 fully saturated rings. The maximum atomic E-state index is 5.76. The molecule has 0 saturated carbocycles. The zero-order chi connectivity index (χ0) is 15.9. The molecule has 0 radical (unpaired) electrons. The Labute approximate surface area is 141 Å². The highest BCUT2D eigenvalue weighted by atomic mass is 32.1. The Morgan fingerprint density at radius 1 is 1.30 bits per heavy atom. The van der Waals surface area contributed by atoms with Crippen molar-refractivity contribution in [3.63, 3.8) is 0 Å². The van der Waals surface area contributed by atoms with Crippen LogP contribution in [-0.2, 0) is 11.3 Å². The minimum Gasteiger partial charge on any atom is -0.376 e. The van der Waals surface area contributed by atoms with Crippen LogP contribution in [-0.4, -0.2) is 39.2 Å². The summed E-state index contributed by atoms with van der Waals surface area (Å²) >= 11 is 5.59. The molecule has 5 nitrogen and oxygen atoms in total. The monoisotopic (exact) mass is 328 g/mol. The van der Waals surface area contributed by atoms with Gasteiger partial charge in [0.05, 0.1) is 6.10 Å². The van der Waals surface area contributed by atoms with Gasteiger partial charge < -0.3 is 15.0 Å². The van der Waals surface area contributed by atoms with E-state index in [0.29, 0.717) is 11.7 Å². The average Bonchev–Trinajstić information content (AvgIpc) is 3.09. The molecule has 0 amide bonds. The number of anilines is 1. The fourth-order valence-corrected chi connectivity index (χ4v) is 2.83. The molecule has 0 spiro atoms. The van der Waals surface area contributed by atoms with Crippen LogP contribution in [0.15, 0.2) is 48.9 Å². The summed E-state index contributed by atoms with van der Waals surface area (Å²) in [4.78, 5) is 10.6. The minimum absolute atomic E-state index is 0.232. The van der Waals surface area contributed by atoms with E-state index >= 15 is 0 Å². The largest absolute Gasteiger partial charge is 0.376 e. The third-order valence-corrected chi connectivity index (χ3v) is 4.09. The molecular weight excluding hydrogens is 308 g/mol. The highest BCUT2D eigenvalue weighted by molar-refractivity contribution is 7.80. The number of hydrogen-bond donors (Lipinski definition) is 1. The van der Waals surface area contributed by atoms with Gasteiger partial charge in [0.25, 0.3) is 0 Å². The molecule has 1 N–H and O–H groups in total. The summed E-state index contributed by atoms with van der Waals surface area (Å²) < 4.78 is 5.76. The quantitative estimate of drug-likeness (QED) is 0.852. The molecule has 1 unspecified atom stereocenters. The first-order valence-corrected chi connectivity index (χ1v) is 8.19. The number of hydrogen-bond acceptors (Lipinski definition) is 4. The average molecular weight is 328 g/mol. The summed E-state index contributed by atoms with van der Waals surface area (Å²) in [6, 6.07) is 9.71. The molecule has 120 valence electrons. The normalized spacial score (nSPS) is 17.0. The topological polar surface area (TPSA) is 50.3 Å². The SMILES string of the molecule is S=C(Nc1ccccn1)N(Cc1cccnc1)CC1CCCO1. The van der Waals surface area contributed by atoms with Gasteiger partial charge in [0.15, 0.2) is 5.11 Å². The van der Waals surface area contributed by atoms with Gasteiger partial charge in [0.1, 0.15) is 5.82 Å². The van der Waals surface area contributed by atoms with Crippen molar-refractivity contribution >= 4 is 23.1 Å². The van der Waals surface area contributed by atoms with Gasteiger partial charge in [-0.1, -0.05) is 12.1 Å². The molecule has 23 heavy (non-hydrogen) atoms. The number of aromatic nitrogens is 2. The molecule has 1 atom stereocenters. The maximum Gasteiger partial charge on any atom is 0.174 e. The summed E-state index contributed by atoms with van der Waals surface area (Å²) in [5.41, 5.74) is 1.12. The first kappa shape index (κ1) is 15.8. The van der Waals surface area contributed by atoms with Gasteiger partial charge in [-0.25, -0.2) is 4.98 Å². The summed E-state index contributed by atoms with van der Waals surface area (Å²) in [5.74, 6) is 0.751. The Kier molecular flexibility index (Phi) is 5.50. The van der Waals surface area contributed by atoms with E-state index in [2.05, 4.69) is 26.3 Å². The Morgan fingerprint density at radius 2 is 2.26 bits per heavy atom.